The standard InChI is InChI=1S/C121H136O23Si/c1-16-136-115(122)101-76-90(38-48-111(101)140-68-55-129-15)120(91-39-49-112(102(77-91)116(123)137-17-2)141-69-65-133-62-59-130-56-52-126-12)105-26-22-20-24-95(105)97-44-30-86(74-109(97)120)84-32-46-99-100-47-33-85(73-108(100)119(107(99)72-84,88-34-28-83(11)29-35-88)89-36-42-94(43-37-89)144-145(80(5)6,81(7)8)82(9)10)87-31-45-98-96-25-21-23-27-106(96)121(110(98)75-87,92-40-50-113(103(78-92)117(124)138-18-3)142-70-66-134-63-60-131-57-53-127-13)93-41-51-114(104(79-93)118(125)139-19-4)143-71-67-135-64-61-132-58-54-128-14/h20-51,72-82H,16-19,52-71H2,1-15H3. The van der Waals surface area contributed by atoms with Crippen molar-refractivity contribution in [2.24, 2.45) is 0 Å². The Labute approximate surface area is 853 Å². The molecule has 0 aromatic heterocycles. The van der Waals surface area contributed by atoms with Gasteiger partial charge < -0.3 is 89.7 Å². The average molecular weight is 1990 g/mol. The molecule has 23 nitrogen and oxygen atoms in total. The molecule has 15 rings (SSSR count). The second kappa shape index (κ2) is 50.0. The van der Waals surface area contributed by atoms with Crippen molar-refractivity contribution in [2.45, 2.75) is 109 Å². The fourth-order valence-corrected chi connectivity index (χ4v) is 26.6. The molecule has 24 heteroatoms. The topological polar surface area (TPSA) is 244 Å². The molecule has 0 saturated carbocycles. The molecular weight excluding hydrogens is 1850 g/mol. The van der Waals surface area contributed by atoms with E-state index in [-0.39, 0.29) is 102 Å². The van der Waals surface area contributed by atoms with Crippen LogP contribution in [0.4, 0.5) is 0 Å². The van der Waals surface area contributed by atoms with Crippen molar-refractivity contribution in [1.29, 1.82) is 0 Å². The van der Waals surface area contributed by atoms with E-state index in [1.54, 1.807) is 56.1 Å². The summed E-state index contributed by atoms with van der Waals surface area (Å²) in [5, 5.41) is 0. The maximum Gasteiger partial charge on any atom is 0.341 e. The Bertz CT molecular complexity index is 6280. The van der Waals surface area contributed by atoms with E-state index in [1.165, 1.54) is 0 Å². The maximum absolute atomic E-state index is 14.9. The summed E-state index contributed by atoms with van der Waals surface area (Å²) in [6.45, 7) is 29.6. The molecule has 3 aliphatic carbocycles. The van der Waals surface area contributed by atoms with Gasteiger partial charge in [-0.05, 0) is 259 Å². The number of ether oxygens (including phenoxy) is 18. The molecule has 0 saturated heterocycles. The Kier molecular flexibility index (Phi) is 36.7. The molecule has 145 heavy (non-hydrogen) atoms. The van der Waals surface area contributed by atoms with Crippen molar-refractivity contribution in [3.05, 3.63) is 337 Å². The molecule has 762 valence electrons. The number of carbonyl (C=O) groups excluding carboxylic acids is 4. The third-order valence-corrected chi connectivity index (χ3v) is 33.7. The van der Waals surface area contributed by atoms with Crippen molar-refractivity contribution < 1.29 is 109 Å². The number of carbonyl (C=O) groups is 4. The lowest BCUT2D eigenvalue weighted by atomic mass is 9.66. The first-order chi connectivity index (χ1) is 70.7. The fraction of sp³-hybridized carbons (Fsp3) is 0.372. The highest BCUT2D eigenvalue weighted by Crippen LogP contribution is 2.63. The molecule has 0 N–H and O–H groups in total. The van der Waals surface area contributed by atoms with Gasteiger partial charge in [0.1, 0.15) is 77.4 Å². The summed E-state index contributed by atoms with van der Waals surface area (Å²) < 4.78 is 113. The lowest BCUT2D eigenvalue weighted by Crippen LogP contribution is -2.50. The minimum atomic E-state index is -2.52. The molecule has 12 aromatic rings. The van der Waals surface area contributed by atoms with Gasteiger partial charge in [0.15, 0.2) is 0 Å². The number of hydrogen-bond acceptors (Lipinski definition) is 23. The smallest absolute Gasteiger partial charge is 0.341 e. The zero-order valence-corrected chi connectivity index (χ0v) is 87.2. The van der Waals surface area contributed by atoms with Crippen molar-refractivity contribution >= 4 is 32.2 Å². The number of benzene rings is 12. The average Bonchev–Trinajstić information content (AvgIpc) is 1.54. The summed E-state index contributed by atoms with van der Waals surface area (Å²) in [5.74, 6) is -0.335. The minimum Gasteiger partial charge on any atom is -0.543 e. The van der Waals surface area contributed by atoms with E-state index in [1.807, 2.05) is 97.1 Å². The highest BCUT2D eigenvalue weighted by atomic mass is 28.4. The number of esters is 4. The Balaban J connectivity index is 0.938. The lowest BCUT2D eigenvalue weighted by molar-refractivity contribution is 0.0177. The summed E-state index contributed by atoms with van der Waals surface area (Å²) >= 11 is 0. The summed E-state index contributed by atoms with van der Waals surface area (Å²) in [7, 11) is 3.96. The van der Waals surface area contributed by atoms with Crippen LogP contribution in [0.5, 0.6) is 28.7 Å². The quantitative estimate of drug-likeness (QED) is 0.0149. The normalized spacial score (nSPS) is 14.6. The Morgan fingerprint density at radius 1 is 0.255 bits per heavy atom. The summed E-state index contributed by atoms with van der Waals surface area (Å²) in [6, 6.07) is 84.4. The number of hydrogen-bond donors (Lipinski definition) is 0. The second-order valence-corrected chi connectivity index (χ2v) is 42.3. The number of fused-ring (bicyclic) bond motifs is 9. The van der Waals surface area contributed by atoms with Crippen LogP contribution in [-0.4, -0.2) is 219 Å². The van der Waals surface area contributed by atoms with Gasteiger partial charge >= 0.3 is 23.9 Å². The van der Waals surface area contributed by atoms with Crippen molar-refractivity contribution in [3.63, 3.8) is 0 Å². The van der Waals surface area contributed by atoms with Gasteiger partial charge in [0.2, 0.25) is 0 Å². The number of methoxy groups -OCH3 is 4. The zero-order valence-electron chi connectivity index (χ0n) is 86.2. The molecule has 0 heterocycles. The predicted octanol–water partition coefficient (Wildman–Crippen LogP) is 22.9. The molecule has 0 bridgehead atoms. The highest BCUT2D eigenvalue weighted by Gasteiger charge is 2.53. The first kappa shape index (κ1) is 107. The van der Waals surface area contributed by atoms with E-state index in [9.17, 15) is 19.2 Å². The van der Waals surface area contributed by atoms with E-state index in [2.05, 4.69) is 194 Å². The number of rotatable bonds is 55. The summed E-state index contributed by atoms with van der Waals surface area (Å²) in [5.41, 5.74) is 18.8. The van der Waals surface area contributed by atoms with Gasteiger partial charge in [0, 0.05) is 28.4 Å². The van der Waals surface area contributed by atoms with Crippen molar-refractivity contribution in [1.82, 2.24) is 0 Å². The van der Waals surface area contributed by atoms with Crippen molar-refractivity contribution in [3.8, 4) is 84.4 Å². The number of aryl methyl sites for hydroxylation is 1. The van der Waals surface area contributed by atoms with E-state index < -0.39 is 48.4 Å². The third-order valence-electron chi connectivity index (χ3n) is 27.7. The molecule has 0 radical (unpaired) electrons. The molecule has 2 atom stereocenters. The largest absolute Gasteiger partial charge is 0.543 e. The fourth-order valence-electron chi connectivity index (χ4n) is 21.4. The molecular formula is C121H136O23Si. The minimum absolute atomic E-state index is 0.0846. The molecule has 0 fully saturated rings. The predicted molar refractivity (Wildman–Crippen MR) is 564 cm³/mol. The zero-order chi connectivity index (χ0) is 102. The van der Waals surface area contributed by atoms with Gasteiger partial charge in [-0.2, -0.15) is 0 Å². The molecule has 0 aliphatic heterocycles. The van der Waals surface area contributed by atoms with Crippen LogP contribution in [0.3, 0.4) is 0 Å². The maximum atomic E-state index is 14.9. The van der Waals surface area contributed by atoms with E-state index in [4.69, 9.17) is 89.7 Å². The van der Waals surface area contributed by atoms with Crippen LogP contribution in [-0.2, 0) is 82.6 Å². The van der Waals surface area contributed by atoms with Gasteiger partial charge in [-0.15, -0.1) is 0 Å². The Hall–Kier alpha value is -12.7. The highest BCUT2D eigenvalue weighted by molar-refractivity contribution is 6.78. The molecule has 2 unspecified atom stereocenters. The van der Waals surface area contributed by atoms with E-state index >= 15 is 0 Å². The van der Waals surface area contributed by atoms with E-state index in [0.717, 1.165) is 111 Å². The lowest BCUT2D eigenvalue weighted by Gasteiger charge is -2.42. The van der Waals surface area contributed by atoms with Crippen LogP contribution in [0.15, 0.2) is 243 Å². The SMILES string of the molecule is CCOC(=O)c1cc(C2(c3ccc(OCCOCCOCCOC)c(C(=O)OCC)c3)c3ccccc3-c3ccc(-c4ccc5c(c4)C(c4ccc(C)cc4)(c4ccc(O[Si](C(C)C)(C(C)C)C(C)C)cc4)c4cc(-c6ccc7c(c6)C(c6ccc(OCCOCCOCCOC)c(C(=O)OCC)c6)(c6ccc(OCCOCCOCCOC)c(C(=O)OCC)c6)c6ccccc6-7)ccc4-5)cc32)ccc1OCCOC. The van der Waals surface area contributed by atoms with Crippen LogP contribution < -0.4 is 23.4 Å². The van der Waals surface area contributed by atoms with Crippen LogP contribution in [0.25, 0.3) is 55.6 Å². The van der Waals surface area contributed by atoms with Gasteiger partial charge in [-0.25, -0.2) is 19.2 Å². The van der Waals surface area contributed by atoms with Gasteiger partial charge in [-0.1, -0.05) is 205 Å². The molecule has 0 amide bonds. The summed E-state index contributed by atoms with van der Waals surface area (Å²) in [4.78, 5) is 59.5. The van der Waals surface area contributed by atoms with Crippen LogP contribution >= 0.6 is 0 Å². The molecule has 0 spiro atoms. The third kappa shape index (κ3) is 22.2. The van der Waals surface area contributed by atoms with Gasteiger partial charge in [0.05, 0.1) is 148 Å². The van der Waals surface area contributed by atoms with Crippen LogP contribution in [0.2, 0.25) is 16.6 Å². The first-order valence-electron chi connectivity index (χ1n) is 50.5. The Morgan fingerprint density at radius 3 is 0.766 bits per heavy atom. The van der Waals surface area contributed by atoms with Crippen molar-refractivity contribution in [2.75, 3.05) is 187 Å². The second-order valence-electron chi connectivity index (χ2n) is 37.0. The van der Waals surface area contributed by atoms with Crippen LogP contribution in [0.1, 0.15) is 183 Å². The first-order valence-corrected chi connectivity index (χ1v) is 52.7. The van der Waals surface area contributed by atoms with Crippen LogP contribution in [0, 0.1) is 6.92 Å². The molecule has 12 aromatic carbocycles. The van der Waals surface area contributed by atoms with Gasteiger partial charge in [0.25, 0.3) is 8.32 Å². The molecule has 3 aliphatic rings. The monoisotopic (exact) mass is 1980 g/mol. The Morgan fingerprint density at radius 2 is 0.490 bits per heavy atom. The summed E-state index contributed by atoms with van der Waals surface area (Å²) in [6.07, 6.45) is 0. The van der Waals surface area contributed by atoms with Gasteiger partial charge in [-0.3, -0.25) is 0 Å². The van der Waals surface area contributed by atoms with E-state index in [0.29, 0.717) is 141 Å².